The van der Waals surface area contributed by atoms with Crippen molar-refractivity contribution in [3.05, 3.63) is 56.5 Å². The van der Waals surface area contributed by atoms with Crippen molar-refractivity contribution in [2.75, 3.05) is 0 Å². The Hall–Kier alpha value is -0.600. The van der Waals surface area contributed by atoms with Gasteiger partial charge in [0.1, 0.15) is 0 Å². The van der Waals surface area contributed by atoms with Gasteiger partial charge in [-0.3, -0.25) is 0 Å². The molecule has 0 nitrogen and oxygen atoms in total. The van der Waals surface area contributed by atoms with E-state index < -0.39 is 0 Å². The molecular weight excluding hydrogens is 328 g/mol. The highest BCUT2D eigenvalue weighted by molar-refractivity contribution is 9.10. The Morgan fingerprint density at radius 2 is 1.25 bits per heavy atom. The third kappa shape index (κ3) is 2.38. The Balaban J connectivity index is 2.52. The number of aryl methyl sites for hydroxylation is 2. The van der Waals surface area contributed by atoms with Gasteiger partial charge in [-0.25, -0.2) is 0 Å². The largest absolute Gasteiger partial charge is 0.0533 e. The zero-order valence-electron chi connectivity index (χ0n) is 9.22. The molecule has 16 heavy (non-hydrogen) atoms. The Morgan fingerprint density at radius 1 is 0.750 bits per heavy atom. The second kappa shape index (κ2) is 4.72. The van der Waals surface area contributed by atoms with E-state index in [-0.39, 0.29) is 0 Å². The fourth-order valence-corrected chi connectivity index (χ4v) is 2.25. The fourth-order valence-electron chi connectivity index (χ4n) is 1.75. The molecule has 0 aliphatic rings. The van der Waals surface area contributed by atoms with Crippen molar-refractivity contribution >= 4 is 31.9 Å². The highest BCUT2D eigenvalue weighted by atomic mass is 79.9. The Morgan fingerprint density at radius 3 is 1.75 bits per heavy atom. The van der Waals surface area contributed by atoms with Gasteiger partial charge in [-0.2, -0.15) is 0 Å². The van der Waals surface area contributed by atoms with Crippen LogP contribution in [0.15, 0.2) is 45.3 Å². The summed E-state index contributed by atoms with van der Waals surface area (Å²) in [6.45, 7) is 4.25. The molecule has 2 rings (SSSR count). The first kappa shape index (κ1) is 11.9. The van der Waals surface area contributed by atoms with Gasteiger partial charge in [-0.15, -0.1) is 0 Å². The molecule has 0 N–H and O–H groups in total. The molecule has 0 unspecified atom stereocenters. The third-order valence-corrected chi connectivity index (χ3v) is 4.39. The zero-order chi connectivity index (χ0) is 11.7. The third-order valence-electron chi connectivity index (χ3n) is 2.61. The number of benzene rings is 2. The lowest BCUT2D eigenvalue weighted by molar-refractivity contribution is 1.34. The molecule has 0 radical (unpaired) electrons. The molecule has 82 valence electrons. The van der Waals surface area contributed by atoms with Crippen LogP contribution >= 0.6 is 31.9 Å². The summed E-state index contributed by atoms with van der Waals surface area (Å²) in [5.74, 6) is 0. The monoisotopic (exact) mass is 338 g/mol. The Kier molecular flexibility index (Phi) is 3.50. The summed E-state index contributed by atoms with van der Waals surface area (Å²) < 4.78 is 2.31. The van der Waals surface area contributed by atoms with Crippen LogP contribution in [0.3, 0.4) is 0 Å². The molecule has 0 spiro atoms. The van der Waals surface area contributed by atoms with Crippen molar-refractivity contribution in [1.82, 2.24) is 0 Å². The van der Waals surface area contributed by atoms with Gasteiger partial charge in [0, 0.05) is 8.95 Å². The van der Waals surface area contributed by atoms with Gasteiger partial charge in [0.05, 0.1) is 0 Å². The van der Waals surface area contributed by atoms with E-state index in [0.717, 1.165) is 4.47 Å². The molecule has 0 atom stereocenters. The van der Waals surface area contributed by atoms with Crippen LogP contribution in [-0.4, -0.2) is 0 Å². The maximum absolute atomic E-state index is 3.59. The first-order chi connectivity index (χ1) is 7.58. The maximum atomic E-state index is 3.59. The predicted molar refractivity (Wildman–Crippen MR) is 76.8 cm³/mol. The lowest BCUT2D eigenvalue weighted by Gasteiger charge is -2.08. The lowest BCUT2D eigenvalue weighted by atomic mass is 10.0. The van der Waals surface area contributed by atoms with Crippen LogP contribution in [0.2, 0.25) is 0 Å². The Labute approximate surface area is 113 Å². The highest BCUT2D eigenvalue weighted by Gasteiger charge is 2.04. The van der Waals surface area contributed by atoms with Crippen LogP contribution in [0.4, 0.5) is 0 Å². The quantitative estimate of drug-likeness (QED) is 0.644. The van der Waals surface area contributed by atoms with E-state index in [1.165, 1.54) is 26.7 Å². The van der Waals surface area contributed by atoms with Gasteiger partial charge in [-0.1, -0.05) is 56.1 Å². The van der Waals surface area contributed by atoms with Gasteiger partial charge in [0.25, 0.3) is 0 Å². The molecule has 0 aromatic heterocycles. The van der Waals surface area contributed by atoms with Gasteiger partial charge in [-0.05, 0) is 48.2 Å². The topological polar surface area (TPSA) is 0 Å². The van der Waals surface area contributed by atoms with Crippen LogP contribution in [0.1, 0.15) is 11.1 Å². The molecule has 2 heteroatoms. The van der Waals surface area contributed by atoms with Crippen molar-refractivity contribution < 1.29 is 0 Å². The van der Waals surface area contributed by atoms with E-state index in [0.29, 0.717) is 0 Å². The van der Waals surface area contributed by atoms with Crippen molar-refractivity contribution in [3.8, 4) is 11.1 Å². The van der Waals surface area contributed by atoms with E-state index in [2.05, 4.69) is 82.1 Å². The van der Waals surface area contributed by atoms with Crippen LogP contribution in [0.5, 0.6) is 0 Å². The van der Waals surface area contributed by atoms with E-state index in [1.54, 1.807) is 0 Å². The van der Waals surface area contributed by atoms with Crippen molar-refractivity contribution in [2.45, 2.75) is 13.8 Å². The number of rotatable bonds is 1. The summed E-state index contributed by atoms with van der Waals surface area (Å²) in [6.07, 6.45) is 0. The second-order valence-corrected chi connectivity index (χ2v) is 5.64. The Bertz CT molecular complexity index is 490. The first-order valence-electron chi connectivity index (χ1n) is 5.10. The van der Waals surface area contributed by atoms with Gasteiger partial charge < -0.3 is 0 Å². The summed E-state index contributed by atoms with van der Waals surface area (Å²) >= 11 is 7.04. The minimum absolute atomic E-state index is 1.11. The molecular formula is C14H12Br2. The van der Waals surface area contributed by atoms with Crippen LogP contribution in [0, 0.1) is 13.8 Å². The molecule has 2 aromatic carbocycles. The van der Waals surface area contributed by atoms with Crippen molar-refractivity contribution in [2.24, 2.45) is 0 Å². The highest BCUT2D eigenvalue weighted by Crippen LogP contribution is 2.29. The lowest BCUT2D eigenvalue weighted by Crippen LogP contribution is -1.85. The molecule has 0 amide bonds. The molecule has 0 saturated carbocycles. The maximum Gasteiger partial charge on any atom is 0.0234 e. The summed E-state index contributed by atoms with van der Waals surface area (Å²) in [7, 11) is 0. The standard InChI is InChI=1S/C14H12Br2/c1-9-7-12(8-10(2)14(9)16)11-3-5-13(15)6-4-11/h3-8H,1-2H3. The molecule has 0 heterocycles. The van der Waals surface area contributed by atoms with E-state index in [4.69, 9.17) is 0 Å². The van der Waals surface area contributed by atoms with Crippen LogP contribution in [-0.2, 0) is 0 Å². The van der Waals surface area contributed by atoms with Gasteiger partial charge >= 0.3 is 0 Å². The summed E-state index contributed by atoms with van der Waals surface area (Å²) in [5.41, 5.74) is 5.07. The van der Waals surface area contributed by atoms with Gasteiger partial charge in [0.15, 0.2) is 0 Å². The van der Waals surface area contributed by atoms with Crippen LogP contribution in [0.25, 0.3) is 11.1 Å². The number of hydrogen-bond acceptors (Lipinski definition) is 0. The number of halogens is 2. The fraction of sp³-hybridized carbons (Fsp3) is 0.143. The van der Waals surface area contributed by atoms with E-state index >= 15 is 0 Å². The normalized spacial score (nSPS) is 10.5. The molecule has 0 fully saturated rings. The SMILES string of the molecule is Cc1cc(-c2ccc(Br)cc2)cc(C)c1Br. The molecule has 0 aliphatic heterocycles. The molecule has 0 bridgehead atoms. The average molecular weight is 340 g/mol. The molecule has 0 aliphatic carbocycles. The first-order valence-corrected chi connectivity index (χ1v) is 6.69. The smallest absolute Gasteiger partial charge is 0.0234 e. The van der Waals surface area contributed by atoms with E-state index in [1.807, 2.05) is 0 Å². The van der Waals surface area contributed by atoms with E-state index in [9.17, 15) is 0 Å². The summed E-state index contributed by atoms with van der Waals surface area (Å²) in [4.78, 5) is 0. The number of hydrogen-bond donors (Lipinski definition) is 0. The molecule has 0 saturated heterocycles. The summed E-state index contributed by atoms with van der Waals surface area (Å²) in [5, 5.41) is 0. The zero-order valence-corrected chi connectivity index (χ0v) is 12.4. The predicted octanol–water partition coefficient (Wildman–Crippen LogP) is 5.50. The molecule has 2 aromatic rings. The van der Waals surface area contributed by atoms with Crippen LogP contribution < -0.4 is 0 Å². The minimum atomic E-state index is 1.11. The van der Waals surface area contributed by atoms with Gasteiger partial charge in [0.2, 0.25) is 0 Å². The minimum Gasteiger partial charge on any atom is -0.0533 e. The van der Waals surface area contributed by atoms with Crippen molar-refractivity contribution in [1.29, 1.82) is 0 Å². The second-order valence-electron chi connectivity index (χ2n) is 3.93. The van der Waals surface area contributed by atoms with Crippen molar-refractivity contribution in [3.63, 3.8) is 0 Å². The average Bonchev–Trinajstić information content (AvgIpc) is 2.26. The summed E-state index contributed by atoms with van der Waals surface area (Å²) in [6, 6.07) is 12.8.